The summed E-state index contributed by atoms with van der Waals surface area (Å²) in [4.78, 5) is 22.1. The van der Waals surface area contributed by atoms with Crippen molar-refractivity contribution in [3.8, 4) is 0 Å². The Balaban J connectivity index is 2.21. The number of carbonyl (C=O) groups excluding carboxylic acids is 1. The normalized spacial score (nSPS) is 17.5. The summed E-state index contributed by atoms with van der Waals surface area (Å²) >= 11 is 0. The molecule has 0 amide bonds. The summed E-state index contributed by atoms with van der Waals surface area (Å²) in [6, 6.07) is 5.42. The van der Waals surface area contributed by atoms with E-state index in [0.29, 0.717) is 4.90 Å². The van der Waals surface area contributed by atoms with Crippen LogP contribution in [0.2, 0.25) is 0 Å². The Hall–Kier alpha value is -1.76. The second-order valence-corrected chi connectivity index (χ2v) is 5.90. The summed E-state index contributed by atoms with van der Waals surface area (Å²) < 4.78 is 17.0. The number of hydrogen-bond acceptors (Lipinski definition) is 5. The molecular weight excluding hydrogens is 270 g/mol. The van der Waals surface area contributed by atoms with Crippen LogP contribution >= 0.6 is 0 Å². The Morgan fingerprint density at radius 2 is 2.00 bits per heavy atom. The fourth-order valence-electron chi connectivity index (χ4n) is 1.82. The van der Waals surface area contributed by atoms with Crippen LogP contribution in [0.3, 0.4) is 0 Å². The van der Waals surface area contributed by atoms with Crippen molar-refractivity contribution in [2.75, 3.05) is 7.11 Å². The number of benzene rings is 1. The second-order valence-electron chi connectivity index (χ2n) is 4.33. The summed E-state index contributed by atoms with van der Waals surface area (Å²) in [7, 11) is -0.269. The monoisotopic (exact) mass is 283 g/mol. The minimum absolute atomic E-state index is 0.0678. The number of non-ortho nitro benzene ring substituents is 1. The van der Waals surface area contributed by atoms with Gasteiger partial charge in [-0.3, -0.25) is 19.1 Å². The molecule has 1 fully saturated rings. The molecule has 102 valence electrons. The van der Waals surface area contributed by atoms with Crippen LogP contribution in [0.5, 0.6) is 0 Å². The second kappa shape index (κ2) is 5.48. The highest BCUT2D eigenvalue weighted by atomic mass is 32.2. The van der Waals surface area contributed by atoms with E-state index in [0.717, 1.165) is 12.8 Å². The number of carbonyl (C=O) groups is 1. The number of methoxy groups -OCH3 is 1. The molecule has 0 heterocycles. The van der Waals surface area contributed by atoms with Crippen molar-refractivity contribution in [3.63, 3.8) is 0 Å². The van der Waals surface area contributed by atoms with Crippen LogP contribution in [-0.4, -0.2) is 27.5 Å². The number of nitro groups is 1. The summed E-state index contributed by atoms with van der Waals surface area (Å²) in [5, 5.41) is 9.87. The zero-order valence-corrected chi connectivity index (χ0v) is 11.1. The Morgan fingerprint density at radius 1 is 1.42 bits per heavy atom. The summed E-state index contributed by atoms with van der Waals surface area (Å²) in [6.07, 6.45) is 1.72. The van der Waals surface area contributed by atoms with E-state index in [-0.39, 0.29) is 11.6 Å². The molecule has 7 heteroatoms. The highest BCUT2D eigenvalue weighted by Gasteiger charge is 2.41. The minimum atomic E-state index is -1.54. The molecule has 19 heavy (non-hydrogen) atoms. The predicted octanol–water partition coefficient (Wildman–Crippen LogP) is 1.65. The Morgan fingerprint density at radius 3 is 2.42 bits per heavy atom. The van der Waals surface area contributed by atoms with Crippen LogP contribution in [0.1, 0.15) is 12.8 Å². The van der Waals surface area contributed by atoms with Crippen molar-refractivity contribution >= 4 is 22.5 Å². The number of rotatable bonds is 5. The van der Waals surface area contributed by atoms with Crippen LogP contribution in [0, 0.1) is 16.0 Å². The molecule has 6 nitrogen and oxygen atoms in total. The Bertz CT molecular complexity index is 523. The third-order valence-corrected chi connectivity index (χ3v) is 4.77. The number of nitrogens with zero attached hydrogens (tertiary/aromatic N) is 1. The van der Waals surface area contributed by atoms with Gasteiger partial charge >= 0.3 is 5.97 Å². The van der Waals surface area contributed by atoms with E-state index >= 15 is 0 Å². The molecule has 0 aromatic heterocycles. The minimum Gasteiger partial charge on any atom is -0.468 e. The molecule has 0 bridgehead atoms. The van der Waals surface area contributed by atoms with E-state index in [4.69, 9.17) is 0 Å². The highest BCUT2D eigenvalue weighted by molar-refractivity contribution is 7.86. The van der Waals surface area contributed by atoms with Gasteiger partial charge in [-0.15, -0.1) is 0 Å². The zero-order chi connectivity index (χ0) is 14.0. The lowest BCUT2D eigenvalue weighted by Gasteiger charge is -2.13. The first kappa shape index (κ1) is 13.7. The molecule has 1 aliphatic rings. The summed E-state index contributed by atoms with van der Waals surface area (Å²) in [5.74, 6) is -0.400. The molecule has 1 aromatic rings. The first-order valence-corrected chi connectivity index (χ1v) is 6.98. The fraction of sp³-hybridized carbons (Fsp3) is 0.417. The highest BCUT2D eigenvalue weighted by Crippen LogP contribution is 2.37. The van der Waals surface area contributed by atoms with Gasteiger partial charge in [-0.2, -0.15) is 0 Å². The van der Waals surface area contributed by atoms with Gasteiger partial charge in [0, 0.05) is 17.0 Å². The largest absolute Gasteiger partial charge is 0.468 e. The van der Waals surface area contributed by atoms with Gasteiger partial charge in [-0.25, -0.2) is 0 Å². The lowest BCUT2D eigenvalue weighted by molar-refractivity contribution is -0.384. The zero-order valence-electron chi connectivity index (χ0n) is 10.3. The number of nitro benzene ring substituents is 1. The molecule has 1 aromatic carbocycles. The molecule has 0 spiro atoms. The summed E-state index contributed by atoms with van der Waals surface area (Å²) in [6.45, 7) is 0. The van der Waals surface area contributed by atoms with E-state index in [2.05, 4.69) is 4.74 Å². The molecule has 0 aliphatic heterocycles. The average molecular weight is 283 g/mol. The lowest BCUT2D eigenvalue weighted by atomic mass is 10.3. The van der Waals surface area contributed by atoms with Gasteiger partial charge in [-0.1, -0.05) is 0 Å². The van der Waals surface area contributed by atoms with Gasteiger partial charge in [0.05, 0.1) is 22.8 Å². The SMILES string of the molecule is COC(=O)C(C1CC1)S(=O)c1ccc([N+](=O)[O-])cc1. The van der Waals surface area contributed by atoms with E-state index in [9.17, 15) is 19.1 Å². The van der Waals surface area contributed by atoms with Crippen LogP contribution in [-0.2, 0) is 20.3 Å². The molecule has 1 saturated carbocycles. The molecule has 2 rings (SSSR count). The van der Waals surface area contributed by atoms with E-state index < -0.39 is 26.9 Å². The maximum absolute atomic E-state index is 12.3. The topological polar surface area (TPSA) is 86.5 Å². The van der Waals surface area contributed by atoms with Crippen LogP contribution in [0.4, 0.5) is 5.69 Å². The number of ether oxygens (including phenoxy) is 1. The van der Waals surface area contributed by atoms with Gasteiger partial charge < -0.3 is 4.74 Å². The van der Waals surface area contributed by atoms with E-state index in [1.807, 2.05) is 0 Å². The van der Waals surface area contributed by atoms with Crippen molar-refractivity contribution < 1.29 is 18.7 Å². The van der Waals surface area contributed by atoms with Gasteiger partial charge in [0.2, 0.25) is 0 Å². The van der Waals surface area contributed by atoms with Gasteiger partial charge in [0.1, 0.15) is 5.25 Å². The number of esters is 1. The van der Waals surface area contributed by atoms with Crippen molar-refractivity contribution in [1.29, 1.82) is 0 Å². The lowest BCUT2D eigenvalue weighted by Crippen LogP contribution is -2.29. The van der Waals surface area contributed by atoms with Gasteiger partial charge in [0.25, 0.3) is 5.69 Å². The fourth-order valence-corrected chi connectivity index (χ4v) is 3.41. The average Bonchev–Trinajstić information content (AvgIpc) is 3.23. The predicted molar refractivity (Wildman–Crippen MR) is 68.0 cm³/mol. The Labute approximate surface area is 112 Å². The van der Waals surface area contributed by atoms with Crippen LogP contribution in [0.15, 0.2) is 29.2 Å². The van der Waals surface area contributed by atoms with Crippen LogP contribution < -0.4 is 0 Å². The number of hydrogen-bond donors (Lipinski definition) is 0. The standard InChI is InChI=1S/C12H13NO5S/c1-18-12(14)11(8-2-3-8)19(17)10-6-4-9(5-7-10)13(15)16/h4-8,11H,2-3H2,1H3. The molecule has 2 atom stereocenters. The molecule has 0 N–H and O–H groups in total. The quantitative estimate of drug-likeness (QED) is 0.466. The molecule has 0 radical (unpaired) electrons. The summed E-state index contributed by atoms with van der Waals surface area (Å²) in [5.41, 5.74) is -0.0678. The van der Waals surface area contributed by atoms with Crippen molar-refractivity contribution in [2.45, 2.75) is 23.0 Å². The molecule has 1 aliphatic carbocycles. The van der Waals surface area contributed by atoms with Gasteiger partial charge in [-0.05, 0) is 30.9 Å². The van der Waals surface area contributed by atoms with E-state index in [1.165, 1.54) is 31.4 Å². The molecule has 0 saturated heterocycles. The first-order valence-electron chi connectivity index (χ1n) is 5.77. The van der Waals surface area contributed by atoms with Crippen molar-refractivity contribution in [1.82, 2.24) is 0 Å². The van der Waals surface area contributed by atoms with Crippen molar-refractivity contribution in [3.05, 3.63) is 34.4 Å². The molecule has 2 unspecified atom stereocenters. The van der Waals surface area contributed by atoms with Gasteiger partial charge in [0.15, 0.2) is 0 Å². The third-order valence-electron chi connectivity index (χ3n) is 2.99. The maximum atomic E-state index is 12.3. The van der Waals surface area contributed by atoms with Crippen molar-refractivity contribution in [2.24, 2.45) is 5.92 Å². The Kier molecular flexibility index (Phi) is 3.94. The maximum Gasteiger partial charge on any atom is 0.322 e. The van der Waals surface area contributed by atoms with E-state index in [1.54, 1.807) is 0 Å². The third kappa shape index (κ3) is 2.98. The molecular formula is C12H13NO5S. The first-order chi connectivity index (χ1) is 9.04. The van der Waals surface area contributed by atoms with Crippen LogP contribution in [0.25, 0.3) is 0 Å². The smallest absolute Gasteiger partial charge is 0.322 e.